The third kappa shape index (κ3) is 3.54. The fourth-order valence-corrected chi connectivity index (χ4v) is 1.51. The molecule has 0 amide bonds. The van der Waals surface area contributed by atoms with Gasteiger partial charge in [-0.2, -0.15) is 0 Å². The van der Waals surface area contributed by atoms with Crippen LogP contribution in [-0.2, 0) is 0 Å². The Morgan fingerprint density at radius 3 is 1.69 bits per heavy atom. The highest BCUT2D eigenvalue weighted by molar-refractivity contribution is 5.66. The second-order valence-corrected chi connectivity index (χ2v) is 3.18. The summed E-state index contributed by atoms with van der Waals surface area (Å²) in [7, 11) is 0. The first-order chi connectivity index (χ1) is 6.38. The molecule has 0 aliphatic rings. The molecule has 88 valence electrons. The van der Waals surface area contributed by atoms with Gasteiger partial charge in [-0.3, -0.25) is 0 Å². The van der Waals surface area contributed by atoms with E-state index in [0.29, 0.717) is 0 Å². The van der Waals surface area contributed by atoms with Gasteiger partial charge in [-0.1, -0.05) is 76.9 Å². The molecule has 0 aliphatic carbocycles. The summed E-state index contributed by atoms with van der Waals surface area (Å²) in [6, 6.07) is 18.9. The molecule has 0 fully saturated rings. The van der Waals surface area contributed by atoms with E-state index < -0.39 is 0 Å². The van der Waals surface area contributed by atoms with Crippen molar-refractivity contribution in [2.45, 2.75) is 29.2 Å². The molecule has 0 heteroatoms. The number of benzene rings is 2. The first-order valence-electron chi connectivity index (χ1n) is 4.49. The molecule has 0 spiro atoms. The Morgan fingerprint density at radius 2 is 1.12 bits per heavy atom. The van der Waals surface area contributed by atoms with Crippen molar-refractivity contribution in [2.75, 3.05) is 0 Å². The molecule has 16 heavy (non-hydrogen) atoms. The normalized spacial score (nSPS) is 8.06. The summed E-state index contributed by atoms with van der Waals surface area (Å²) in [5, 5.41) is 0. The van der Waals surface area contributed by atoms with Crippen molar-refractivity contribution in [3.8, 4) is 11.1 Å². The molecule has 0 atom stereocenters. The largest absolute Gasteiger partial charge is 0.0776 e. The second kappa shape index (κ2) is 7.70. The molecule has 0 unspecified atom stereocenters. The fourth-order valence-electron chi connectivity index (χ4n) is 1.51. The Morgan fingerprint density at radius 1 is 0.625 bits per heavy atom. The molecule has 0 heterocycles. The zero-order valence-electron chi connectivity index (χ0n) is 7.70. The first-order valence-corrected chi connectivity index (χ1v) is 4.49. The van der Waals surface area contributed by atoms with Gasteiger partial charge in [-0.15, -0.1) is 0 Å². The molecule has 0 N–H and O–H groups in total. The summed E-state index contributed by atoms with van der Waals surface area (Å²) >= 11 is 0. The van der Waals surface area contributed by atoms with Gasteiger partial charge in [0.1, 0.15) is 0 Å². The van der Waals surface area contributed by atoms with Crippen molar-refractivity contribution in [2.24, 2.45) is 0 Å². The van der Waals surface area contributed by atoms with Gasteiger partial charge in [-0.25, -0.2) is 0 Å². The van der Waals surface area contributed by atoms with E-state index >= 15 is 0 Å². The van der Waals surface area contributed by atoms with Gasteiger partial charge in [0.05, 0.1) is 0 Å². The standard InChI is InChI=1S/C13H12.3CH4/c1-11-7-5-6-10-13(11)12-8-3-2-4-9-12;;;/h2-10H,1H3;3*1H4. The van der Waals surface area contributed by atoms with E-state index in [9.17, 15) is 0 Å². The fraction of sp³-hybridized carbons (Fsp3) is 0.250. The first kappa shape index (κ1) is 16.9. The lowest BCUT2D eigenvalue weighted by Crippen LogP contribution is -1.80. The van der Waals surface area contributed by atoms with Crippen LogP contribution in [0.3, 0.4) is 0 Å². The van der Waals surface area contributed by atoms with Crippen molar-refractivity contribution >= 4 is 0 Å². The van der Waals surface area contributed by atoms with E-state index in [4.69, 9.17) is 0 Å². The summed E-state index contributed by atoms with van der Waals surface area (Å²) in [6.07, 6.45) is 0. The highest BCUT2D eigenvalue weighted by Gasteiger charge is 1.97. The van der Waals surface area contributed by atoms with Crippen LogP contribution in [0.1, 0.15) is 27.8 Å². The Balaban J connectivity index is 0. The molecule has 0 saturated heterocycles. The predicted molar refractivity (Wildman–Crippen MR) is 76.8 cm³/mol. The number of hydrogen-bond acceptors (Lipinski definition) is 0. The molecule has 0 aromatic heterocycles. The minimum Gasteiger partial charge on any atom is -0.0776 e. The highest BCUT2D eigenvalue weighted by atomic mass is 14.0. The molecule has 0 radical (unpaired) electrons. The maximum absolute atomic E-state index is 2.16. The van der Waals surface area contributed by atoms with Crippen LogP contribution in [-0.4, -0.2) is 0 Å². The van der Waals surface area contributed by atoms with Crippen LogP contribution in [0.25, 0.3) is 11.1 Å². The van der Waals surface area contributed by atoms with Crippen LogP contribution in [0.4, 0.5) is 0 Å². The summed E-state index contributed by atoms with van der Waals surface area (Å²) in [4.78, 5) is 0. The van der Waals surface area contributed by atoms with Gasteiger partial charge in [0, 0.05) is 0 Å². The molecular formula is C16H24. The molecule has 0 saturated carbocycles. The quantitative estimate of drug-likeness (QED) is 0.584. The lowest BCUT2D eigenvalue weighted by molar-refractivity contribution is 1.46. The number of rotatable bonds is 1. The average Bonchev–Trinajstić information content (AvgIpc) is 2.20. The van der Waals surface area contributed by atoms with Gasteiger partial charge >= 0.3 is 0 Å². The van der Waals surface area contributed by atoms with E-state index in [2.05, 4.69) is 55.5 Å². The van der Waals surface area contributed by atoms with Crippen molar-refractivity contribution in [3.05, 3.63) is 60.2 Å². The van der Waals surface area contributed by atoms with Crippen LogP contribution in [0.5, 0.6) is 0 Å². The van der Waals surface area contributed by atoms with Crippen molar-refractivity contribution in [1.82, 2.24) is 0 Å². The van der Waals surface area contributed by atoms with Crippen molar-refractivity contribution < 1.29 is 0 Å². The third-order valence-corrected chi connectivity index (χ3v) is 2.23. The van der Waals surface area contributed by atoms with E-state index in [1.165, 1.54) is 16.7 Å². The minimum absolute atomic E-state index is 0. The molecule has 0 bridgehead atoms. The van der Waals surface area contributed by atoms with Crippen molar-refractivity contribution in [3.63, 3.8) is 0 Å². The topological polar surface area (TPSA) is 0 Å². The predicted octanol–water partition coefficient (Wildman–Crippen LogP) is 5.57. The summed E-state index contributed by atoms with van der Waals surface area (Å²) in [5.74, 6) is 0. The lowest BCUT2D eigenvalue weighted by atomic mass is 10.0. The van der Waals surface area contributed by atoms with Gasteiger partial charge in [0.25, 0.3) is 0 Å². The Hall–Kier alpha value is -1.56. The van der Waals surface area contributed by atoms with Gasteiger partial charge in [0.2, 0.25) is 0 Å². The van der Waals surface area contributed by atoms with Gasteiger partial charge < -0.3 is 0 Å². The Labute approximate surface area is 101 Å². The molecule has 2 aromatic rings. The monoisotopic (exact) mass is 216 g/mol. The SMILES string of the molecule is C.C.C.Cc1ccccc1-c1ccccc1. The number of aryl methyl sites for hydroxylation is 1. The van der Waals surface area contributed by atoms with Crippen LogP contribution in [0.15, 0.2) is 54.6 Å². The maximum atomic E-state index is 2.16. The average molecular weight is 216 g/mol. The smallest absolute Gasteiger partial charge is 0.0155 e. The highest BCUT2D eigenvalue weighted by Crippen LogP contribution is 2.21. The molecule has 2 aromatic carbocycles. The molecule has 0 aliphatic heterocycles. The Kier molecular flexibility index (Phi) is 8.11. The van der Waals surface area contributed by atoms with Gasteiger partial charge in [0.15, 0.2) is 0 Å². The molecular weight excluding hydrogens is 192 g/mol. The summed E-state index contributed by atoms with van der Waals surface area (Å²) in [6.45, 7) is 2.14. The zero-order valence-corrected chi connectivity index (χ0v) is 7.70. The van der Waals surface area contributed by atoms with Crippen LogP contribution >= 0.6 is 0 Å². The zero-order chi connectivity index (χ0) is 9.10. The van der Waals surface area contributed by atoms with Crippen LogP contribution in [0, 0.1) is 6.92 Å². The third-order valence-electron chi connectivity index (χ3n) is 2.23. The van der Waals surface area contributed by atoms with Crippen LogP contribution < -0.4 is 0 Å². The molecule has 2 rings (SSSR count). The number of hydrogen-bond donors (Lipinski definition) is 0. The minimum atomic E-state index is 0. The van der Waals surface area contributed by atoms with E-state index in [1.54, 1.807) is 0 Å². The van der Waals surface area contributed by atoms with E-state index in [1.807, 2.05) is 6.07 Å². The van der Waals surface area contributed by atoms with Crippen LogP contribution in [0.2, 0.25) is 0 Å². The lowest BCUT2D eigenvalue weighted by Gasteiger charge is -2.04. The summed E-state index contributed by atoms with van der Waals surface area (Å²) < 4.78 is 0. The summed E-state index contributed by atoms with van der Waals surface area (Å²) in [5.41, 5.74) is 3.94. The molecule has 0 nitrogen and oxygen atoms in total. The van der Waals surface area contributed by atoms with E-state index in [-0.39, 0.29) is 22.3 Å². The van der Waals surface area contributed by atoms with Gasteiger partial charge in [-0.05, 0) is 23.6 Å². The Bertz CT molecular complexity index is 388. The van der Waals surface area contributed by atoms with Crippen molar-refractivity contribution in [1.29, 1.82) is 0 Å². The van der Waals surface area contributed by atoms with E-state index in [0.717, 1.165) is 0 Å². The second-order valence-electron chi connectivity index (χ2n) is 3.18. The maximum Gasteiger partial charge on any atom is -0.0155 e.